The number of likely N-dealkylation sites (N-methyl/N-ethyl adjacent to an activating group) is 1. The Kier molecular flexibility index (Phi) is 4.43. The molecule has 0 saturated carbocycles. The number of rotatable bonds is 4. The van der Waals surface area contributed by atoms with Crippen molar-refractivity contribution in [2.75, 3.05) is 20.2 Å². The number of carbonyl (C=O) groups is 1. The molecule has 0 spiro atoms. The number of carbonyl (C=O) groups excluding carboxylic acids is 1. The molecule has 82 valence electrons. The maximum absolute atomic E-state index is 11.4. The van der Waals surface area contributed by atoms with Crippen LogP contribution >= 0.6 is 11.6 Å². The quantitative estimate of drug-likeness (QED) is 0.789. The first-order chi connectivity index (χ1) is 7.13. The van der Waals surface area contributed by atoms with Gasteiger partial charge in [-0.1, -0.05) is 11.6 Å². The maximum atomic E-state index is 11.4. The third kappa shape index (κ3) is 3.80. The van der Waals surface area contributed by atoms with Crippen molar-refractivity contribution in [1.29, 1.82) is 0 Å². The predicted octanol–water partition coefficient (Wildman–Crippen LogP) is 2.20. The molecule has 0 N–H and O–H groups in total. The zero-order valence-corrected chi connectivity index (χ0v) is 9.62. The molecule has 0 aliphatic heterocycles. The molecule has 0 fully saturated rings. The Balaban J connectivity index is 2.43. The van der Waals surface area contributed by atoms with Gasteiger partial charge in [0.05, 0.1) is 0 Å². The van der Waals surface area contributed by atoms with Crippen LogP contribution in [0.4, 0.5) is 0 Å². The highest BCUT2D eigenvalue weighted by atomic mass is 35.5. The van der Waals surface area contributed by atoms with Crippen LogP contribution in [-0.4, -0.2) is 31.0 Å². The minimum Gasteiger partial charge on any atom is -0.484 e. The lowest BCUT2D eigenvalue weighted by molar-refractivity contribution is -0.131. The fourth-order valence-corrected chi connectivity index (χ4v) is 1.09. The van der Waals surface area contributed by atoms with Gasteiger partial charge in [0.2, 0.25) is 0 Å². The molecule has 15 heavy (non-hydrogen) atoms. The van der Waals surface area contributed by atoms with Crippen molar-refractivity contribution in [1.82, 2.24) is 4.90 Å². The molecular weight excluding hydrogens is 214 g/mol. The Morgan fingerprint density at radius 1 is 1.40 bits per heavy atom. The van der Waals surface area contributed by atoms with Gasteiger partial charge in [-0.15, -0.1) is 0 Å². The molecule has 0 heterocycles. The van der Waals surface area contributed by atoms with Gasteiger partial charge in [0.25, 0.3) is 5.91 Å². The predicted molar refractivity (Wildman–Crippen MR) is 60.3 cm³/mol. The zero-order chi connectivity index (χ0) is 11.3. The van der Waals surface area contributed by atoms with Crippen LogP contribution in [0.5, 0.6) is 5.75 Å². The molecule has 3 nitrogen and oxygen atoms in total. The van der Waals surface area contributed by atoms with Crippen molar-refractivity contribution in [3.8, 4) is 5.75 Å². The van der Waals surface area contributed by atoms with Gasteiger partial charge in [0.1, 0.15) is 5.75 Å². The van der Waals surface area contributed by atoms with Crippen LogP contribution in [0, 0.1) is 0 Å². The lowest BCUT2D eigenvalue weighted by Crippen LogP contribution is -2.31. The van der Waals surface area contributed by atoms with Gasteiger partial charge < -0.3 is 9.64 Å². The van der Waals surface area contributed by atoms with E-state index in [0.29, 0.717) is 17.3 Å². The Morgan fingerprint density at radius 2 is 2.00 bits per heavy atom. The molecule has 1 amide bonds. The molecule has 0 saturated heterocycles. The van der Waals surface area contributed by atoms with Gasteiger partial charge >= 0.3 is 0 Å². The summed E-state index contributed by atoms with van der Waals surface area (Å²) in [7, 11) is 1.74. The highest BCUT2D eigenvalue weighted by Gasteiger charge is 2.06. The minimum absolute atomic E-state index is 0.0348. The average Bonchev–Trinajstić information content (AvgIpc) is 2.26. The summed E-state index contributed by atoms with van der Waals surface area (Å²) < 4.78 is 5.30. The summed E-state index contributed by atoms with van der Waals surface area (Å²) in [5.74, 6) is 0.615. The van der Waals surface area contributed by atoms with E-state index in [1.807, 2.05) is 6.92 Å². The van der Waals surface area contributed by atoms with Crippen LogP contribution in [-0.2, 0) is 4.79 Å². The second-order valence-corrected chi connectivity index (χ2v) is 3.59. The van der Waals surface area contributed by atoms with E-state index in [-0.39, 0.29) is 12.5 Å². The first-order valence-corrected chi connectivity index (χ1v) is 5.13. The van der Waals surface area contributed by atoms with E-state index in [1.165, 1.54) is 0 Å². The summed E-state index contributed by atoms with van der Waals surface area (Å²) >= 11 is 5.72. The molecule has 1 aromatic rings. The van der Waals surface area contributed by atoms with Crippen molar-refractivity contribution in [3.05, 3.63) is 29.3 Å². The first kappa shape index (κ1) is 11.9. The standard InChI is InChI=1S/C11H14ClNO2/c1-3-13(2)11(14)8-15-10-6-4-9(12)5-7-10/h4-7H,3,8H2,1-2H3. The van der Waals surface area contributed by atoms with Crippen molar-refractivity contribution < 1.29 is 9.53 Å². The Bertz CT molecular complexity index is 324. The molecule has 0 aliphatic rings. The lowest BCUT2D eigenvalue weighted by Gasteiger charge is -2.14. The minimum atomic E-state index is -0.0348. The van der Waals surface area contributed by atoms with Crippen molar-refractivity contribution in [2.45, 2.75) is 6.92 Å². The molecule has 0 bridgehead atoms. The van der Waals surface area contributed by atoms with Crippen molar-refractivity contribution in [3.63, 3.8) is 0 Å². The third-order valence-electron chi connectivity index (χ3n) is 2.08. The van der Waals surface area contributed by atoms with E-state index in [1.54, 1.807) is 36.2 Å². The molecule has 0 radical (unpaired) electrons. The van der Waals surface area contributed by atoms with Gasteiger partial charge in [-0.3, -0.25) is 4.79 Å². The smallest absolute Gasteiger partial charge is 0.260 e. The van der Waals surface area contributed by atoms with Crippen molar-refractivity contribution in [2.24, 2.45) is 0 Å². The number of amides is 1. The fraction of sp³-hybridized carbons (Fsp3) is 0.364. The summed E-state index contributed by atoms with van der Waals surface area (Å²) in [5.41, 5.74) is 0. The highest BCUT2D eigenvalue weighted by Crippen LogP contribution is 2.15. The number of hydrogen-bond donors (Lipinski definition) is 0. The normalized spacial score (nSPS) is 9.80. The number of nitrogens with zero attached hydrogens (tertiary/aromatic N) is 1. The fourth-order valence-electron chi connectivity index (χ4n) is 0.962. The summed E-state index contributed by atoms with van der Waals surface area (Å²) in [6.07, 6.45) is 0. The number of ether oxygens (including phenoxy) is 1. The molecule has 0 aliphatic carbocycles. The van der Waals surface area contributed by atoms with E-state index >= 15 is 0 Å². The zero-order valence-electron chi connectivity index (χ0n) is 8.87. The van der Waals surface area contributed by atoms with Crippen LogP contribution in [0.25, 0.3) is 0 Å². The van der Waals surface area contributed by atoms with E-state index < -0.39 is 0 Å². The Labute approximate surface area is 94.6 Å². The largest absolute Gasteiger partial charge is 0.484 e. The molecule has 0 aromatic heterocycles. The number of hydrogen-bond acceptors (Lipinski definition) is 2. The van der Waals surface area contributed by atoms with Gasteiger partial charge in [-0.05, 0) is 31.2 Å². The number of halogens is 1. The summed E-state index contributed by atoms with van der Waals surface area (Å²) in [6, 6.07) is 6.93. The second kappa shape index (κ2) is 5.61. The van der Waals surface area contributed by atoms with E-state index in [4.69, 9.17) is 16.3 Å². The molecule has 1 rings (SSSR count). The topological polar surface area (TPSA) is 29.5 Å². The summed E-state index contributed by atoms with van der Waals surface area (Å²) in [4.78, 5) is 13.0. The molecule has 1 aromatic carbocycles. The molecule has 0 unspecified atom stereocenters. The Hall–Kier alpha value is -1.22. The number of benzene rings is 1. The van der Waals surface area contributed by atoms with Crippen LogP contribution in [0.1, 0.15) is 6.92 Å². The average molecular weight is 228 g/mol. The van der Waals surface area contributed by atoms with E-state index in [2.05, 4.69) is 0 Å². The maximum Gasteiger partial charge on any atom is 0.260 e. The van der Waals surface area contributed by atoms with E-state index in [9.17, 15) is 4.79 Å². The Morgan fingerprint density at radius 3 is 2.53 bits per heavy atom. The van der Waals surface area contributed by atoms with Crippen LogP contribution in [0.2, 0.25) is 5.02 Å². The summed E-state index contributed by atoms with van der Waals surface area (Å²) in [6.45, 7) is 2.66. The molecule has 4 heteroatoms. The SMILES string of the molecule is CCN(C)C(=O)COc1ccc(Cl)cc1. The highest BCUT2D eigenvalue weighted by molar-refractivity contribution is 6.30. The third-order valence-corrected chi connectivity index (χ3v) is 2.33. The lowest BCUT2D eigenvalue weighted by atomic mass is 10.3. The van der Waals surface area contributed by atoms with Crippen LogP contribution < -0.4 is 4.74 Å². The van der Waals surface area contributed by atoms with Gasteiger partial charge in [-0.2, -0.15) is 0 Å². The monoisotopic (exact) mass is 227 g/mol. The molecule has 0 atom stereocenters. The van der Waals surface area contributed by atoms with E-state index in [0.717, 1.165) is 0 Å². The second-order valence-electron chi connectivity index (χ2n) is 3.15. The van der Waals surface area contributed by atoms with Crippen molar-refractivity contribution >= 4 is 17.5 Å². The van der Waals surface area contributed by atoms with Gasteiger partial charge in [0, 0.05) is 18.6 Å². The van der Waals surface area contributed by atoms with Gasteiger partial charge in [-0.25, -0.2) is 0 Å². The van der Waals surface area contributed by atoms with Crippen LogP contribution in [0.3, 0.4) is 0 Å². The molecular formula is C11H14ClNO2. The van der Waals surface area contributed by atoms with Crippen LogP contribution in [0.15, 0.2) is 24.3 Å². The summed E-state index contributed by atoms with van der Waals surface area (Å²) in [5, 5.41) is 0.652. The first-order valence-electron chi connectivity index (χ1n) is 4.75. The van der Waals surface area contributed by atoms with Gasteiger partial charge in [0.15, 0.2) is 6.61 Å².